The average Bonchev–Trinajstić information content (AvgIpc) is 2.40. The van der Waals surface area contributed by atoms with Crippen molar-refractivity contribution in [2.45, 2.75) is 12.8 Å². The summed E-state index contributed by atoms with van der Waals surface area (Å²) in [4.78, 5) is 12.2. The minimum atomic E-state index is 0.136. The number of benzene rings is 2. The van der Waals surface area contributed by atoms with Crippen molar-refractivity contribution < 1.29 is 4.79 Å². The van der Waals surface area contributed by atoms with Crippen molar-refractivity contribution in [1.29, 1.82) is 0 Å². The van der Waals surface area contributed by atoms with E-state index in [1.165, 1.54) is 5.56 Å². The van der Waals surface area contributed by atoms with Gasteiger partial charge in [0.25, 0.3) is 0 Å². The van der Waals surface area contributed by atoms with E-state index in [0.717, 1.165) is 22.0 Å². The molecule has 0 heterocycles. The smallest absolute Gasteiger partial charge is 0.167 e. The fourth-order valence-electron chi connectivity index (χ4n) is 1.96. The van der Waals surface area contributed by atoms with Crippen LogP contribution in [-0.4, -0.2) is 12.3 Å². The second-order valence-electron chi connectivity index (χ2n) is 4.47. The Kier molecular flexibility index (Phi) is 4.88. The van der Waals surface area contributed by atoms with Gasteiger partial charge in [0.05, 0.1) is 0 Å². The lowest BCUT2D eigenvalue weighted by atomic mass is 10.0. The van der Waals surface area contributed by atoms with Gasteiger partial charge in [-0.15, -0.1) is 0 Å². The van der Waals surface area contributed by atoms with E-state index in [1.54, 1.807) is 0 Å². The van der Waals surface area contributed by atoms with Gasteiger partial charge in [0, 0.05) is 16.5 Å². The maximum Gasteiger partial charge on any atom is 0.167 e. The molecule has 2 N–H and O–H groups in total. The molecule has 0 aliphatic rings. The Morgan fingerprint density at radius 1 is 1.05 bits per heavy atom. The minimum absolute atomic E-state index is 0.136. The SMILES string of the molecule is NCCc1ccc(C(=O)Cc2cccc(Br)c2)cc1. The number of halogens is 1. The molecule has 0 atom stereocenters. The van der Waals surface area contributed by atoms with Crippen LogP contribution in [0.15, 0.2) is 53.0 Å². The zero-order valence-corrected chi connectivity index (χ0v) is 12.2. The highest BCUT2D eigenvalue weighted by Gasteiger charge is 2.07. The van der Waals surface area contributed by atoms with E-state index in [9.17, 15) is 4.79 Å². The van der Waals surface area contributed by atoms with E-state index in [4.69, 9.17) is 5.73 Å². The van der Waals surface area contributed by atoms with Gasteiger partial charge in [-0.2, -0.15) is 0 Å². The van der Waals surface area contributed by atoms with E-state index in [0.29, 0.717) is 13.0 Å². The zero-order chi connectivity index (χ0) is 13.7. The lowest BCUT2D eigenvalue weighted by Gasteiger charge is -2.04. The fraction of sp³-hybridized carbons (Fsp3) is 0.188. The van der Waals surface area contributed by atoms with Gasteiger partial charge >= 0.3 is 0 Å². The van der Waals surface area contributed by atoms with Gasteiger partial charge < -0.3 is 5.73 Å². The second-order valence-corrected chi connectivity index (χ2v) is 5.38. The summed E-state index contributed by atoms with van der Waals surface area (Å²) in [5.41, 5.74) is 8.44. The van der Waals surface area contributed by atoms with Gasteiger partial charge in [-0.05, 0) is 36.2 Å². The number of carbonyl (C=O) groups excluding carboxylic acids is 1. The largest absolute Gasteiger partial charge is 0.330 e. The van der Waals surface area contributed by atoms with E-state index < -0.39 is 0 Å². The maximum absolute atomic E-state index is 12.2. The number of carbonyl (C=O) groups is 1. The van der Waals surface area contributed by atoms with Crippen LogP contribution in [0.1, 0.15) is 21.5 Å². The summed E-state index contributed by atoms with van der Waals surface area (Å²) in [5.74, 6) is 0.136. The van der Waals surface area contributed by atoms with Gasteiger partial charge in [-0.25, -0.2) is 0 Å². The minimum Gasteiger partial charge on any atom is -0.330 e. The summed E-state index contributed by atoms with van der Waals surface area (Å²) in [6.07, 6.45) is 1.27. The third kappa shape index (κ3) is 4.01. The first kappa shape index (κ1) is 14.0. The molecule has 0 fully saturated rings. The number of rotatable bonds is 5. The molecule has 0 aliphatic heterocycles. The van der Waals surface area contributed by atoms with Crippen LogP contribution in [0.3, 0.4) is 0 Å². The molecule has 2 rings (SSSR count). The molecule has 0 saturated heterocycles. The molecule has 0 unspecified atom stereocenters. The van der Waals surface area contributed by atoms with Crippen LogP contribution in [-0.2, 0) is 12.8 Å². The third-order valence-electron chi connectivity index (χ3n) is 2.96. The monoisotopic (exact) mass is 317 g/mol. The van der Waals surface area contributed by atoms with Gasteiger partial charge in [0.15, 0.2) is 5.78 Å². The normalized spacial score (nSPS) is 10.4. The zero-order valence-electron chi connectivity index (χ0n) is 10.6. The molecule has 0 aromatic heterocycles. The van der Waals surface area contributed by atoms with Crippen LogP contribution in [0.5, 0.6) is 0 Å². The van der Waals surface area contributed by atoms with Crippen LogP contribution < -0.4 is 5.73 Å². The van der Waals surface area contributed by atoms with Crippen LogP contribution in [0.4, 0.5) is 0 Å². The Labute approximate surface area is 121 Å². The highest BCUT2D eigenvalue weighted by Crippen LogP contribution is 2.14. The maximum atomic E-state index is 12.2. The molecule has 3 heteroatoms. The highest BCUT2D eigenvalue weighted by molar-refractivity contribution is 9.10. The van der Waals surface area contributed by atoms with Crippen molar-refractivity contribution in [2.75, 3.05) is 6.54 Å². The van der Waals surface area contributed by atoms with Crippen molar-refractivity contribution in [3.63, 3.8) is 0 Å². The van der Waals surface area contributed by atoms with Gasteiger partial charge in [-0.3, -0.25) is 4.79 Å². The van der Waals surface area contributed by atoms with Gasteiger partial charge in [0.1, 0.15) is 0 Å². The first-order valence-corrected chi connectivity index (χ1v) is 7.05. The summed E-state index contributed by atoms with van der Waals surface area (Å²) in [5, 5.41) is 0. The number of Topliss-reactive ketones (excluding diaryl/α,β-unsaturated/α-hetero) is 1. The first-order valence-electron chi connectivity index (χ1n) is 6.25. The summed E-state index contributed by atoms with van der Waals surface area (Å²) in [6.45, 7) is 0.630. The molecule has 19 heavy (non-hydrogen) atoms. The Morgan fingerprint density at radius 2 is 1.79 bits per heavy atom. The van der Waals surface area contributed by atoms with Gasteiger partial charge in [-0.1, -0.05) is 52.3 Å². The average molecular weight is 318 g/mol. The molecule has 98 valence electrons. The standard InChI is InChI=1S/C16H16BrNO/c17-15-3-1-2-13(10-15)11-16(19)14-6-4-12(5-7-14)8-9-18/h1-7,10H,8-9,11,18H2. The van der Waals surface area contributed by atoms with E-state index >= 15 is 0 Å². The Hall–Kier alpha value is -1.45. The fourth-order valence-corrected chi connectivity index (χ4v) is 2.41. The molecule has 0 spiro atoms. The summed E-state index contributed by atoms with van der Waals surface area (Å²) < 4.78 is 0.996. The van der Waals surface area contributed by atoms with E-state index in [2.05, 4.69) is 15.9 Å². The Bertz CT molecular complexity index is 563. The highest BCUT2D eigenvalue weighted by atomic mass is 79.9. The van der Waals surface area contributed by atoms with Crippen LogP contribution >= 0.6 is 15.9 Å². The molecule has 0 saturated carbocycles. The van der Waals surface area contributed by atoms with E-state index in [1.807, 2.05) is 48.5 Å². The molecular weight excluding hydrogens is 302 g/mol. The third-order valence-corrected chi connectivity index (χ3v) is 3.46. The first-order chi connectivity index (χ1) is 9.19. The van der Waals surface area contributed by atoms with Crippen LogP contribution in [0.2, 0.25) is 0 Å². The molecule has 0 aliphatic carbocycles. The summed E-state index contributed by atoms with van der Waals surface area (Å²) in [6, 6.07) is 15.5. The quantitative estimate of drug-likeness (QED) is 0.859. The Balaban J connectivity index is 2.07. The number of ketones is 1. The van der Waals surface area contributed by atoms with E-state index in [-0.39, 0.29) is 5.78 Å². The van der Waals surface area contributed by atoms with Crippen LogP contribution in [0.25, 0.3) is 0 Å². The molecule has 2 aromatic rings. The van der Waals surface area contributed by atoms with Crippen molar-refractivity contribution in [3.05, 3.63) is 69.7 Å². The molecule has 0 radical (unpaired) electrons. The molecule has 2 aromatic carbocycles. The number of nitrogens with two attached hydrogens (primary N) is 1. The number of hydrogen-bond donors (Lipinski definition) is 1. The topological polar surface area (TPSA) is 43.1 Å². The molecular formula is C16H16BrNO. The lowest BCUT2D eigenvalue weighted by molar-refractivity contribution is 0.0993. The van der Waals surface area contributed by atoms with Crippen molar-refractivity contribution in [3.8, 4) is 0 Å². The lowest BCUT2D eigenvalue weighted by Crippen LogP contribution is -2.05. The number of hydrogen-bond acceptors (Lipinski definition) is 2. The molecule has 0 amide bonds. The summed E-state index contributed by atoms with van der Waals surface area (Å²) in [7, 11) is 0. The Morgan fingerprint density at radius 3 is 2.42 bits per heavy atom. The molecule has 0 bridgehead atoms. The van der Waals surface area contributed by atoms with Gasteiger partial charge in [0.2, 0.25) is 0 Å². The van der Waals surface area contributed by atoms with Crippen molar-refractivity contribution in [1.82, 2.24) is 0 Å². The summed E-state index contributed by atoms with van der Waals surface area (Å²) >= 11 is 3.41. The molecule has 2 nitrogen and oxygen atoms in total. The predicted molar refractivity (Wildman–Crippen MR) is 81.4 cm³/mol. The predicted octanol–water partition coefficient (Wildman–Crippen LogP) is 3.38. The van der Waals surface area contributed by atoms with Crippen molar-refractivity contribution in [2.24, 2.45) is 5.73 Å². The van der Waals surface area contributed by atoms with Crippen molar-refractivity contribution >= 4 is 21.7 Å². The van der Waals surface area contributed by atoms with Crippen LogP contribution in [0, 0.1) is 0 Å². The second kappa shape index (κ2) is 6.64.